The second-order valence-electron chi connectivity index (χ2n) is 5.29. The number of hydrogen-bond acceptors (Lipinski definition) is 3. The Morgan fingerprint density at radius 1 is 1.30 bits per heavy atom. The molecule has 0 saturated carbocycles. The van der Waals surface area contributed by atoms with Crippen molar-refractivity contribution in [2.45, 2.75) is 19.4 Å². The zero-order valence-electron chi connectivity index (χ0n) is 12.0. The fourth-order valence-electron chi connectivity index (χ4n) is 2.86. The Morgan fingerprint density at radius 3 is 2.55 bits per heavy atom. The van der Waals surface area contributed by atoms with E-state index in [4.69, 9.17) is 5.73 Å². The van der Waals surface area contributed by atoms with E-state index in [1.165, 1.54) is 12.5 Å². The van der Waals surface area contributed by atoms with E-state index >= 15 is 0 Å². The topological polar surface area (TPSA) is 32.5 Å². The molecule has 2 N–H and O–H groups in total. The molecule has 112 valence electrons. The van der Waals surface area contributed by atoms with Crippen molar-refractivity contribution in [2.24, 2.45) is 5.73 Å². The molecule has 1 saturated heterocycles. The Kier molecular flexibility index (Phi) is 5.96. The number of hydrogen-bond donors (Lipinski definition) is 1. The normalized spacial score (nSPS) is 19.2. The second-order valence-corrected chi connectivity index (χ2v) is 6.21. The van der Waals surface area contributed by atoms with Crippen molar-refractivity contribution in [3.05, 3.63) is 34.1 Å². The second kappa shape index (κ2) is 7.50. The molecule has 1 unspecified atom stereocenters. The van der Waals surface area contributed by atoms with Gasteiger partial charge in [0.25, 0.3) is 0 Å². The third-order valence-corrected chi connectivity index (χ3v) is 4.43. The van der Waals surface area contributed by atoms with Gasteiger partial charge in [-0.25, -0.2) is 4.39 Å². The average molecular weight is 344 g/mol. The maximum absolute atomic E-state index is 14.1. The zero-order chi connectivity index (χ0) is 14.5. The van der Waals surface area contributed by atoms with Gasteiger partial charge in [-0.15, -0.1) is 0 Å². The number of nitrogens with two attached hydrogens (primary N) is 1. The van der Waals surface area contributed by atoms with Gasteiger partial charge in [0.2, 0.25) is 0 Å². The fraction of sp³-hybridized carbons (Fsp3) is 0.600. The average Bonchev–Trinajstić information content (AvgIpc) is 2.44. The highest BCUT2D eigenvalue weighted by Crippen LogP contribution is 2.26. The summed E-state index contributed by atoms with van der Waals surface area (Å²) in [5.74, 6) is -0.175. The van der Waals surface area contributed by atoms with Crippen LogP contribution < -0.4 is 5.73 Å². The molecule has 0 radical (unpaired) electrons. The van der Waals surface area contributed by atoms with Crippen molar-refractivity contribution in [3.8, 4) is 0 Å². The van der Waals surface area contributed by atoms with Crippen molar-refractivity contribution in [3.63, 3.8) is 0 Å². The van der Waals surface area contributed by atoms with Crippen LogP contribution in [-0.2, 0) is 0 Å². The molecule has 1 fully saturated rings. The predicted octanol–water partition coefficient (Wildman–Crippen LogP) is 2.62. The van der Waals surface area contributed by atoms with Crippen LogP contribution in [0.15, 0.2) is 22.7 Å². The molecular weight excluding hydrogens is 321 g/mol. The molecule has 20 heavy (non-hydrogen) atoms. The molecule has 1 heterocycles. The lowest BCUT2D eigenvalue weighted by Gasteiger charge is -2.39. The summed E-state index contributed by atoms with van der Waals surface area (Å²) in [6, 6.07) is 5.22. The highest BCUT2D eigenvalue weighted by atomic mass is 79.9. The minimum atomic E-state index is -0.175. The maximum atomic E-state index is 14.1. The summed E-state index contributed by atoms with van der Waals surface area (Å²) in [5.41, 5.74) is 6.61. The number of halogens is 2. The highest BCUT2D eigenvalue weighted by Gasteiger charge is 2.25. The fourth-order valence-corrected chi connectivity index (χ4v) is 3.19. The molecule has 0 bridgehead atoms. The summed E-state index contributed by atoms with van der Waals surface area (Å²) in [4.78, 5) is 4.76. The largest absolute Gasteiger partial charge is 0.329 e. The standard InChI is InChI=1S/C15H23BrFN3/c1-2-5-19-6-8-20(9-7-19)15(11-18)13-4-3-12(16)10-14(13)17/h3-4,10,15H,2,5-9,11,18H2,1H3. The molecule has 1 aliphatic rings. The summed E-state index contributed by atoms with van der Waals surface area (Å²) < 4.78 is 14.9. The lowest BCUT2D eigenvalue weighted by Crippen LogP contribution is -2.49. The van der Waals surface area contributed by atoms with Gasteiger partial charge in [-0.05, 0) is 25.1 Å². The molecule has 1 atom stereocenters. The van der Waals surface area contributed by atoms with E-state index in [1.54, 1.807) is 0 Å². The smallest absolute Gasteiger partial charge is 0.129 e. The van der Waals surface area contributed by atoms with Crippen molar-refractivity contribution in [2.75, 3.05) is 39.3 Å². The summed E-state index contributed by atoms with van der Waals surface area (Å²) >= 11 is 3.30. The van der Waals surface area contributed by atoms with Crippen LogP contribution in [0.5, 0.6) is 0 Å². The van der Waals surface area contributed by atoms with Crippen molar-refractivity contribution in [1.82, 2.24) is 9.80 Å². The van der Waals surface area contributed by atoms with Gasteiger partial charge < -0.3 is 10.6 Å². The van der Waals surface area contributed by atoms with Crippen LogP contribution in [0.2, 0.25) is 0 Å². The molecule has 0 spiro atoms. The monoisotopic (exact) mass is 343 g/mol. The van der Waals surface area contributed by atoms with Gasteiger partial charge in [0.15, 0.2) is 0 Å². The Bertz CT molecular complexity index is 433. The zero-order valence-corrected chi connectivity index (χ0v) is 13.6. The highest BCUT2D eigenvalue weighted by molar-refractivity contribution is 9.10. The van der Waals surface area contributed by atoms with E-state index in [9.17, 15) is 4.39 Å². The van der Waals surface area contributed by atoms with Gasteiger partial charge in [0.1, 0.15) is 5.82 Å². The Balaban J connectivity index is 2.05. The number of rotatable bonds is 5. The van der Waals surface area contributed by atoms with Crippen molar-refractivity contribution in [1.29, 1.82) is 0 Å². The van der Waals surface area contributed by atoms with Gasteiger partial charge in [0.05, 0.1) is 6.04 Å². The van der Waals surface area contributed by atoms with Crippen molar-refractivity contribution >= 4 is 15.9 Å². The third kappa shape index (κ3) is 3.79. The van der Waals surface area contributed by atoms with Crippen molar-refractivity contribution < 1.29 is 4.39 Å². The van der Waals surface area contributed by atoms with Gasteiger partial charge in [-0.3, -0.25) is 4.90 Å². The Hall–Kier alpha value is -0.490. The molecule has 1 aliphatic heterocycles. The lowest BCUT2D eigenvalue weighted by atomic mass is 10.0. The van der Waals surface area contributed by atoms with E-state index in [-0.39, 0.29) is 11.9 Å². The molecule has 0 aliphatic carbocycles. The first-order valence-electron chi connectivity index (χ1n) is 7.27. The van der Waals surface area contributed by atoms with E-state index in [0.29, 0.717) is 12.1 Å². The summed E-state index contributed by atoms with van der Waals surface area (Å²) in [6.07, 6.45) is 1.18. The molecule has 0 amide bonds. The molecule has 1 aromatic rings. The first-order valence-corrected chi connectivity index (χ1v) is 8.06. The minimum Gasteiger partial charge on any atom is -0.329 e. The van der Waals surface area contributed by atoms with Gasteiger partial charge in [-0.2, -0.15) is 0 Å². The molecule has 1 aromatic carbocycles. The van der Waals surface area contributed by atoms with E-state index < -0.39 is 0 Å². The van der Waals surface area contributed by atoms with E-state index in [1.807, 2.05) is 12.1 Å². The van der Waals surface area contributed by atoms with Crippen LogP contribution in [-0.4, -0.2) is 49.1 Å². The predicted molar refractivity (Wildman–Crippen MR) is 84.2 cm³/mol. The van der Waals surface area contributed by atoms with E-state index in [0.717, 1.165) is 37.2 Å². The molecule has 2 rings (SSSR count). The number of nitrogens with zero attached hydrogens (tertiary/aromatic N) is 2. The van der Waals surface area contributed by atoms with Gasteiger partial charge in [0, 0.05) is 42.8 Å². The number of piperazine rings is 1. The summed E-state index contributed by atoms with van der Waals surface area (Å²) in [6.45, 7) is 7.80. The number of benzene rings is 1. The third-order valence-electron chi connectivity index (χ3n) is 3.93. The lowest BCUT2D eigenvalue weighted by molar-refractivity contribution is 0.0971. The molecule has 3 nitrogen and oxygen atoms in total. The van der Waals surface area contributed by atoms with Gasteiger partial charge >= 0.3 is 0 Å². The SMILES string of the molecule is CCCN1CCN(C(CN)c2ccc(Br)cc2F)CC1. The van der Waals surface area contributed by atoms with Crippen LogP contribution in [0.25, 0.3) is 0 Å². The Morgan fingerprint density at radius 2 is 2.00 bits per heavy atom. The van der Waals surface area contributed by atoms with Crippen LogP contribution >= 0.6 is 15.9 Å². The summed E-state index contributed by atoms with van der Waals surface area (Å²) in [7, 11) is 0. The molecular formula is C15H23BrFN3. The first kappa shape index (κ1) is 15.9. The van der Waals surface area contributed by atoms with Crippen LogP contribution in [0, 0.1) is 5.82 Å². The van der Waals surface area contributed by atoms with Crippen LogP contribution in [0.4, 0.5) is 4.39 Å². The van der Waals surface area contributed by atoms with Crippen LogP contribution in [0.1, 0.15) is 24.9 Å². The summed E-state index contributed by atoms with van der Waals surface area (Å²) in [5, 5.41) is 0. The van der Waals surface area contributed by atoms with Gasteiger partial charge in [-0.1, -0.05) is 28.9 Å². The van der Waals surface area contributed by atoms with Crippen LogP contribution in [0.3, 0.4) is 0 Å². The molecule has 0 aromatic heterocycles. The quantitative estimate of drug-likeness (QED) is 0.891. The molecule has 5 heteroatoms. The van der Waals surface area contributed by atoms with E-state index in [2.05, 4.69) is 32.7 Å². The Labute approximate surface area is 129 Å². The first-order chi connectivity index (χ1) is 9.65. The maximum Gasteiger partial charge on any atom is 0.129 e. The minimum absolute atomic E-state index is 0.0214.